The van der Waals surface area contributed by atoms with Gasteiger partial charge in [0.25, 0.3) is 5.91 Å². The smallest absolute Gasteiger partial charge is 0.260 e. The lowest BCUT2D eigenvalue weighted by molar-refractivity contribution is 0.102. The maximum Gasteiger partial charge on any atom is 0.260 e. The van der Waals surface area contributed by atoms with Gasteiger partial charge in [0.15, 0.2) is 16.8 Å². The molecule has 0 atom stereocenters. The van der Waals surface area contributed by atoms with E-state index < -0.39 is 11.7 Å². The van der Waals surface area contributed by atoms with Crippen LogP contribution in [-0.2, 0) is 0 Å². The molecule has 0 aliphatic rings. The molecule has 0 aliphatic carbocycles. The number of rotatable bonds is 3. The number of aryl methyl sites for hydroxylation is 1. The molecular weight excluding hydrogens is 255 g/mol. The lowest BCUT2D eigenvalue weighted by Gasteiger charge is -2.06. The van der Waals surface area contributed by atoms with Crippen molar-refractivity contribution in [1.29, 1.82) is 0 Å². The molecule has 2 aromatic heterocycles. The number of amides is 1. The molecule has 0 saturated heterocycles. The van der Waals surface area contributed by atoms with Crippen LogP contribution in [0.4, 0.5) is 15.3 Å². The number of pyridine rings is 1. The highest BCUT2D eigenvalue weighted by atomic mass is 32.1. The molecule has 94 valence electrons. The number of thiazole rings is 1. The number of carbonyl (C=O) groups is 1. The van der Waals surface area contributed by atoms with E-state index >= 15 is 0 Å². The van der Waals surface area contributed by atoms with Crippen LogP contribution in [0, 0.1) is 12.7 Å². The van der Waals surface area contributed by atoms with Crippen LogP contribution in [0.5, 0.6) is 0 Å². The zero-order valence-electron chi connectivity index (χ0n) is 9.82. The van der Waals surface area contributed by atoms with Crippen LogP contribution in [0.15, 0.2) is 18.5 Å². The Hall–Kier alpha value is -2.02. The maximum atomic E-state index is 13.8. The minimum Gasteiger partial charge on any atom is -0.371 e. The Morgan fingerprint density at radius 2 is 2.22 bits per heavy atom. The van der Waals surface area contributed by atoms with Gasteiger partial charge in [-0.25, -0.2) is 14.4 Å². The minimum absolute atomic E-state index is 0.0398. The predicted octanol–water partition coefficient (Wildman–Crippen LogP) is 2.28. The van der Waals surface area contributed by atoms with E-state index in [0.29, 0.717) is 5.13 Å². The summed E-state index contributed by atoms with van der Waals surface area (Å²) in [5, 5.41) is 5.57. The molecule has 0 aliphatic heterocycles. The summed E-state index contributed by atoms with van der Waals surface area (Å²) in [6, 6.07) is 1.33. The first-order chi connectivity index (χ1) is 8.61. The average Bonchev–Trinajstić information content (AvgIpc) is 2.75. The largest absolute Gasteiger partial charge is 0.371 e. The molecule has 5 nitrogen and oxygen atoms in total. The fraction of sp³-hybridized carbons (Fsp3) is 0.182. The molecular formula is C11H11FN4OS. The van der Waals surface area contributed by atoms with Gasteiger partial charge in [-0.3, -0.25) is 10.1 Å². The normalized spacial score (nSPS) is 10.2. The van der Waals surface area contributed by atoms with Crippen LogP contribution in [0.25, 0.3) is 0 Å². The van der Waals surface area contributed by atoms with Crippen molar-refractivity contribution in [3.05, 3.63) is 34.7 Å². The Morgan fingerprint density at radius 3 is 2.83 bits per heavy atom. The first-order valence-electron chi connectivity index (χ1n) is 5.18. The number of carbonyl (C=O) groups excluding carboxylic acids is 1. The summed E-state index contributed by atoms with van der Waals surface area (Å²) in [6.45, 7) is 1.87. The fourth-order valence-corrected chi connectivity index (χ4v) is 2.03. The lowest BCUT2D eigenvalue weighted by atomic mass is 10.2. The zero-order chi connectivity index (χ0) is 13.1. The van der Waals surface area contributed by atoms with Crippen LogP contribution in [-0.4, -0.2) is 22.9 Å². The monoisotopic (exact) mass is 266 g/mol. The van der Waals surface area contributed by atoms with Gasteiger partial charge in [0.1, 0.15) is 0 Å². The van der Waals surface area contributed by atoms with Gasteiger partial charge >= 0.3 is 0 Å². The molecule has 0 unspecified atom stereocenters. The first kappa shape index (κ1) is 12.4. The molecule has 7 heteroatoms. The number of nitrogens with zero attached hydrogens (tertiary/aromatic N) is 2. The number of aromatic nitrogens is 2. The van der Waals surface area contributed by atoms with Crippen molar-refractivity contribution < 1.29 is 9.18 Å². The van der Waals surface area contributed by atoms with E-state index in [1.54, 1.807) is 6.20 Å². The summed E-state index contributed by atoms with van der Waals surface area (Å²) in [6.07, 6.45) is 3.01. The van der Waals surface area contributed by atoms with E-state index in [2.05, 4.69) is 20.6 Å². The highest BCUT2D eigenvalue weighted by Crippen LogP contribution is 2.19. The van der Waals surface area contributed by atoms with Crippen molar-refractivity contribution in [3.63, 3.8) is 0 Å². The van der Waals surface area contributed by atoms with E-state index in [4.69, 9.17) is 0 Å². The third-order valence-corrected chi connectivity index (χ3v) is 3.04. The number of halogens is 1. The number of hydrogen-bond acceptors (Lipinski definition) is 5. The van der Waals surface area contributed by atoms with E-state index in [-0.39, 0.29) is 11.4 Å². The third kappa shape index (κ3) is 2.45. The Morgan fingerprint density at radius 1 is 1.44 bits per heavy atom. The van der Waals surface area contributed by atoms with Crippen LogP contribution >= 0.6 is 11.3 Å². The van der Waals surface area contributed by atoms with E-state index in [1.165, 1.54) is 30.6 Å². The molecule has 0 radical (unpaired) electrons. The molecule has 0 fully saturated rings. The van der Waals surface area contributed by atoms with Crippen molar-refractivity contribution in [2.45, 2.75) is 6.92 Å². The fourth-order valence-electron chi connectivity index (χ4n) is 1.37. The van der Waals surface area contributed by atoms with Crippen molar-refractivity contribution >= 4 is 28.2 Å². The van der Waals surface area contributed by atoms with E-state index in [9.17, 15) is 9.18 Å². The molecule has 0 bridgehead atoms. The van der Waals surface area contributed by atoms with E-state index in [1.807, 2.05) is 6.92 Å². The highest BCUT2D eigenvalue weighted by molar-refractivity contribution is 7.15. The summed E-state index contributed by atoms with van der Waals surface area (Å²) in [5.74, 6) is -1.18. The van der Waals surface area contributed by atoms with Crippen LogP contribution in [0.1, 0.15) is 15.2 Å². The summed E-state index contributed by atoms with van der Waals surface area (Å²) in [4.78, 5) is 20.6. The van der Waals surface area contributed by atoms with Gasteiger partial charge in [0, 0.05) is 24.3 Å². The van der Waals surface area contributed by atoms with Crippen LogP contribution in [0.3, 0.4) is 0 Å². The Kier molecular flexibility index (Phi) is 3.52. The Labute approximate surface area is 107 Å². The van der Waals surface area contributed by atoms with Gasteiger partial charge in [0.2, 0.25) is 0 Å². The molecule has 2 heterocycles. The van der Waals surface area contributed by atoms with Gasteiger partial charge in [-0.05, 0) is 13.0 Å². The summed E-state index contributed by atoms with van der Waals surface area (Å²) < 4.78 is 13.8. The zero-order valence-corrected chi connectivity index (χ0v) is 10.6. The first-order valence-corrected chi connectivity index (χ1v) is 5.99. The van der Waals surface area contributed by atoms with Gasteiger partial charge in [-0.1, -0.05) is 0 Å². The topological polar surface area (TPSA) is 66.9 Å². The second-order valence-corrected chi connectivity index (χ2v) is 4.74. The van der Waals surface area contributed by atoms with Crippen LogP contribution < -0.4 is 10.6 Å². The molecule has 2 aromatic rings. The van der Waals surface area contributed by atoms with Gasteiger partial charge in [-0.15, -0.1) is 11.3 Å². The third-order valence-electron chi connectivity index (χ3n) is 2.21. The number of nitrogens with one attached hydrogen (secondary N) is 2. The molecule has 2 N–H and O–H groups in total. The second kappa shape index (κ2) is 5.09. The minimum atomic E-state index is -0.675. The molecule has 0 aromatic carbocycles. The average molecular weight is 266 g/mol. The highest BCUT2D eigenvalue weighted by Gasteiger charge is 2.16. The summed E-state index contributed by atoms with van der Waals surface area (Å²) in [5.41, 5.74) is -0.0674. The SMILES string of the molecule is CNc1nccc(C(=O)Nc2ncc(C)s2)c1F. The predicted molar refractivity (Wildman–Crippen MR) is 68.5 cm³/mol. The van der Waals surface area contributed by atoms with Crippen molar-refractivity contribution in [2.75, 3.05) is 17.7 Å². The number of anilines is 2. The lowest BCUT2D eigenvalue weighted by Crippen LogP contribution is -2.15. The van der Waals surface area contributed by atoms with E-state index in [0.717, 1.165) is 4.88 Å². The van der Waals surface area contributed by atoms with Crippen molar-refractivity contribution in [2.24, 2.45) is 0 Å². The maximum absolute atomic E-state index is 13.8. The quantitative estimate of drug-likeness (QED) is 0.894. The summed E-state index contributed by atoms with van der Waals surface area (Å²) >= 11 is 1.33. The number of hydrogen-bond donors (Lipinski definition) is 2. The van der Waals surface area contributed by atoms with Crippen LogP contribution in [0.2, 0.25) is 0 Å². The molecule has 0 saturated carbocycles. The molecule has 2 rings (SSSR count). The summed E-state index contributed by atoms with van der Waals surface area (Å²) in [7, 11) is 1.54. The van der Waals surface area contributed by atoms with Gasteiger partial charge < -0.3 is 5.32 Å². The Bertz CT molecular complexity index is 584. The molecule has 0 spiro atoms. The Balaban J connectivity index is 2.24. The van der Waals surface area contributed by atoms with Crippen molar-refractivity contribution in [3.8, 4) is 0 Å². The van der Waals surface area contributed by atoms with Crippen molar-refractivity contribution in [1.82, 2.24) is 9.97 Å². The second-order valence-electron chi connectivity index (χ2n) is 3.50. The molecule has 1 amide bonds. The van der Waals surface area contributed by atoms with Gasteiger partial charge in [-0.2, -0.15) is 0 Å². The van der Waals surface area contributed by atoms with Gasteiger partial charge in [0.05, 0.1) is 5.56 Å². The molecule has 18 heavy (non-hydrogen) atoms. The standard InChI is InChI=1S/C11H11FN4OS/c1-6-5-15-11(18-6)16-10(17)7-3-4-14-9(13-2)8(7)12/h3-5H,1-2H3,(H,13,14)(H,15,16,17).